The van der Waals surface area contributed by atoms with Crippen molar-refractivity contribution in [2.75, 3.05) is 0 Å². The molecule has 24 aromatic rings. The lowest BCUT2D eigenvalue weighted by Gasteiger charge is -2.39. The molecule has 28 rings (SSSR count). The summed E-state index contributed by atoms with van der Waals surface area (Å²) >= 11 is 1.82. The number of hydrogen-bond donors (Lipinski definition) is 0. The van der Waals surface area contributed by atoms with Crippen LogP contribution in [0.5, 0.6) is 23.0 Å². The fourth-order valence-electron chi connectivity index (χ4n) is 21.7. The number of fused-ring (bicyclic) bond motifs is 32. The summed E-state index contributed by atoms with van der Waals surface area (Å²) in [5, 5.41) is 11.4. The van der Waals surface area contributed by atoms with E-state index in [1.807, 2.05) is 72.0 Å². The zero-order valence-corrected chi connectivity index (χ0v) is 70.5. The number of thiophene rings is 1. The molecule has 2 aliphatic carbocycles. The van der Waals surface area contributed by atoms with Crippen molar-refractivity contribution in [3.05, 3.63) is 469 Å². The van der Waals surface area contributed by atoms with Crippen LogP contribution >= 0.6 is 11.3 Å². The van der Waals surface area contributed by atoms with Gasteiger partial charge in [0.15, 0.2) is 11.6 Å². The largest absolute Gasteiger partial charge is 0.457 e. The molecule has 6 aromatic heterocycles. The first kappa shape index (κ1) is 73.4. The van der Waals surface area contributed by atoms with Crippen LogP contribution in [0.1, 0.15) is 44.5 Å². The quantitative estimate of drug-likeness (QED) is 0.137. The Morgan fingerprint density at radius 3 is 1.11 bits per heavy atom. The Labute approximate surface area is 750 Å². The summed E-state index contributed by atoms with van der Waals surface area (Å²) in [5.41, 5.74) is 30.2. The molecule has 0 atom stereocenters. The van der Waals surface area contributed by atoms with Crippen LogP contribution in [0.25, 0.3) is 198 Å². The molecule has 0 saturated heterocycles. The van der Waals surface area contributed by atoms with E-state index in [4.69, 9.17) is 43.8 Å². The van der Waals surface area contributed by atoms with Gasteiger partial charge >= 0.3 is 0 Å². The van der Waals surface area contributed by atoms with Crippen LogP contribution in [-0.2, 0) is 10.8 Å². The van der Waals surface area contributed by atoms with Gasteiger partial charge in [0.05, 0.1) is 56.0 Å². The lowest BCUT2D eigenvalue weighted by atomic mass is 9.66. The number of benzene rings is 18. The summed E-state index contributed by atoms with van der Waals surface area (Å²) in [6, 6.07) is 150. The van der Waals surface area contributed by atoms with E-state index in [1.54, 1.807) is 0 Å². The van der Waals surface area contributed by atoms with Gasteiger partial charge in [-0.3, -0.25) is 0 Å². The highest BCUT2D eigenvalue weighted by Crippen LogP contribution is 2.66. The normalized spacial score (nSPS) is 13.2. The number of para-hydroxylation sites is 7. The second-order valence-corrected chi connectivity index (χ2v) is 35.0. The summed E-state index contributed by atoms with van der Waals surface area (Å²) in [4.78, 5) is 32.0. The maximum absolute atomic E-state index is 6.65. The average Bonchev–Trinajstić information content (AvgIpc) is 1.51. The molecule has 0 amide bonds. The van der Waals surface area contributed by atoms with Gasteiger partial charge in [-0.2, -0.15) is 0 Å². The predicted molar refractivity (Wildman–Crippen MR) is 528 cm³/mol. The van der Waals surface area contributed by atoms with Crippen molar-refractivity contribution in [2.24, 2.45) is 0 Å². The molecule has 0 saturated carbocycles. The number of nitrogens with zero attached hydrogens (tertiary/aromatic N) is 6. The van der Waals surface area contributed by atoms with Gasteiger partial charge in [-0.05, 0) is 123 Å². The van der Waals surface area contributed by atoms with Crippen LogP contribution in [0.15, 0.2) is 429 Å². The lowest BCUT2D eigenvalue weighted by molar-refractivity contribution is 0.436. The fraction of sp³-hybridized carbons (Fsp3) is 0.0167. The second kappa shape index (κ2) is 28.8. The highest BCUT2D eigenvalue weighted by molar-refractivity contribution is 7.26. The second-order valence-electron chi connectivity index (χ2n) is 33.9. The van der Waals surface area contributed by atoms with Crippen LogP contribution in [0.2, 0.25) is 0 Å². The van der Waals surface area contributed by atoms with E-state index >= 15 is 0 Å². The van der Waals surface area contributed by atoms with Gasteiger partial charge in [0.25, 0.3) is 0 Å². The third-order valence-electron chi connectivity index (χ3n) is 27.1. The van der Waals surface area contributed by atoms with E-state index in [-0.39, 0.29) is 0 Å². The first-order valence-electron chi connectivity index (χ1n) is 44.0. The third-order valence-corrected chi connectivity index (χ3v) is 28.3. The average molecular weight is 1680 g/mol. The molecule has 130 heavy (non-hydrogen) atoms. The van der Waals surface area contributed by atoms with Gasteiger partial charge in [-0.15, -0.1) is 11.3 Å². The first-order valence-corrected chi connectivity index (χ1v) is 44.8. The van der Waals surface area contributed by atoms with Crippen molar-refractivity contribution in [3.63, 3.8) is 0 Å². The van der Waals surface area contributed by atoms with Crippen LogP contribution in [-0.4, -0.2) is 29.9 Å². The molecule has 18 aromatic carbocycles. The minimum Gasteiger partial charge on any atom is -0.457 e. The van der Waals surface area contributed by atoms with Gasteiger partial charge in [0, 0.05) is 130 Å². The highest BCUT2D eigenvalue weighted by Gasteiger charge is 2.54. The van der Waals surface area contributed by atoms with Gasteiger partial charge in [0.2, 0.25) is 0 Å². The topological polar surface area (TPSA) is 109 Å². The molecule has 0 unspecified atom stereocenters. The predicted octanol–water partition coefficient (Wildman–Crippen LogP) is 30.9. The molecule has 0 fully saturated rings. The van der Waals surface area contributed by atoms with Crippen LogP contribution in [0.4, 0.5) is 0 Å². The van der Waals surface area contributed by atoms with Gasteiger partial charge < -0.3 is 13.9 Å². The molecule has 0 N–H and O–H groups in total. The Hall–Kier alpha value is -16.9. The molecule has 604 valence electrons. The number of aromatic nitrogens is 6. The van der Waals surface area contributed by atoms with E-state index in [0.717, 1.165) is 178 Å². The minimum atomic E-state index is -0.579. The lowest BCUT2D eigenvalue weighted by Crippen LogP contribution is -2.32. The summed E-state index contributed by atoms with van der Waals surface area (Å²) in [6.07, 6.45) is 0. The van der Waals surface area contributed by atoms with E-state index in [0.29, 0.717) is 11.6 Å². The number of rotatable bonds is 8. The van der Waals surface area contributed by atoms with Crippen molar-refractivity contribution < 1.29 is 13.9 Å². The van der Waals surface area contributed by atoms with Crippen molar-refractivity contribution in [1.29, 1.82) is 0 Å². The minimum absolute atomic E-state index is 0.572. The number of ether oxygens (including phenoxy) is 2. The molecular weight excluding hydrogens is 1610 g/mol. The van der Waals surface area contributed by atoms with Gasteiger partial charge in [-0.1, -0.05) is 346 Å². The monoisotopic (exact) mass is 1670 g/mol. The Morgan fingerprint density at radius 1 is 0.215 bits per heavy atom. The van der Waals surface area contributed by atoms with Crippen molar-refractivity contribution in [1.82, 2.24) is 29.9 Å². The smallest absolute Gasteiger partial charge is 0.160 e. The summed E-state index contributed by atoms with van der Waals surface area (Å²) in [5.74, 6) is 4.87. The van der Waals surface area contributed by atoms with Crippen molar-refractivity contribution >= 4 is 96.8 Å². The van der Waals surface area contributed by atoms with Gasteiger partial charge in [0.1, 0.15) is 34.2 Å². The van der Waals surface area contributed by atoms with Crippen LogP contribution in [0.3, 0.4) is 0 Å². The number of hydrogen-bond acceptors (Lipinski definition) is 10. The highest BCUT2D eigenvalue weighted by atomic mass is 32.1. The zero-order chi connectivity index (χ0) is 85.3. The molecule has 0 bridgehead atoms. The standard InChI is InChI=1S/C60H35N3O2.C60H35N3OS/c1-2-16-36(17-3-1)59-62-49(35-50(63-59)41-23-15-31-54-55(41)42-22-6-11-28-51(42)64-54)37-18-14-19-38(34-37)58-43-32-33-47-57(56(43)40-21-5-10-27-48(40)61-58)39-20-4-7-24-44(39)60(47)45-25-8-12-29-52(45)65-53-30-13-9-26-46(53)60;1-2-16-36(17-3-1)59-62-50(35-51(63-59)43-24-15-23-40-39-20-6-13-31-54(39)65-58(40)43)37-18-14-19-38(34-37)57-44-32-33-48-56(55(44)42-22-5-10-28-49(42)61-57)41-21-4-7-25-45(41)60(48)46-26-8-11-29-52(46)64-53-30-12-9-27-47(53)60/h2*1-35H. The van der Waals surface area contributed by atoms with Crippen molar-refractivity contribution in [2.45, 2.75) is 10.8 Å². The summed E-state index contributed by atoms with van der Waals surface area (Å²) in [7, 11) is 0. The summed E-state index contributed by atoms with van der Waals surface area (Å²) < 4.78 is 22.1. The SMILES string of the molecule is c1ccc(-c2nc(-c3cccc(-c4nc5ccccc5c5c6c(ccc45)C4(c5ccccc5Oc5ccccc54)c4ccccc4-6)c3)cc(-c3cccc4c3sc3ccccc34)n2)cc1.c1ccc(-c2nc(-c3cccc(-c4nc5ccccc5c5c6c(ccc45)C4(c5ccccc5Oc5ccccc54)c4ccccc4-6)c3)cc(-c3cccc4oc5ccccc5c34)n2)cc1. The van der Waals surface area contributed by atoms with Crippen LogP contribution in [0, 0.1) is 0 Å². The number of furan rings is 1. The molecular formula is C120H70N6O3S. The Balaban J connectivity index is 0.000000134. The molecule has 2 aliphatic heterocycles. The van der Waals surface area contributed by atoms with E-state index in [1.165, 1.54) is 75.5 Å². The summed E-state index contributed by atoms with van der Waals surface area (Å²) in [6.45, 7) is 0. The Bertz CT molecular complexity index is 8830. The Morgan fingerprint density at radius 2 is 0.585 bits per heavy atom. The van der Waals surface area contributed by atoms with E-state index in [2.05, 4.69) is 364 Å². The molecule has 8 heterocycles. The van der Waals surface area contributed by atoms with Crippen molar-refractivity contribution in [3.8, 4) is 136 Å². The van der Waals surface area contributed by atoms with E-state index < -0.39 is 10.8 Å². The number of pyridine rings is 2. The maximum Gasteiger partial charge on any atom is 0.160 e. The molecule has 9 nitrogen and oxygen atoms in total. The molecule has 4 aliphatic rings. The van der Waals surface area contributed by atoms with E-state index in [9.17, 15) is 0 Å². The maximum atomic E-state index is 6.65. The molecule has 10 heteroatoms. The zero-order valence-electron chi connectivity index (χ0n) is 69.7. The van der Waals surface area contributed by atoms with Gasteiger partial charge in [-0.25, -0.2) is 29.9 Å². The first-order chi connectivity index (χ1) is 64.4. The van der Waals surface area contributed by atoms with Crippen LogP contribution < -0.4 is 9.47 Å². The Kier molecular flexibility index (Phi) is 16.3. The third kappa shape index (κ3) is 10.9. The fourth-order valence-corrected chi connectivity index (χ4v) is 22.9. The molecule has 0 radical (unpaired) electrons. The molecule has 2 spiro atoms.